The molecule has 2 rings (SSSR count). The van der Waals surface area contributed by atoms with E-state index < -0.39 is 48.4 Å². The zero-order valence-electron chi connectivity index (χ0n) is 22.5. The Kier molecular flexibility index (Phi) is 15.5. The Bertz CT molecular complexity index is 1110. The maximum atomic E-state index is 12.4. The first-order chi connectivity index (χ1) is 18.9. The van der Waals surface area contributed by atoms with Gasteiger partial charge in [0.25, 0.3) is 5.56 Å². The summed E-state index contributed by atoms with van der Waals surface area (Å²) in [5.41, 5.74) is -1.62. The molecule has 3 N–H and O–H groups in total. The number of esters is 1. The zero-order valence-corrected chi connectivity index (χ0v) is 23.3. The Morgan fingerprint density at radius 1 is 1.03 bits per heavy atom. The van der Waals surface area contributed by atoms with Gasteiger partial charge in [-0.3, -0.25) is 19.1 Å². The van der Waals surface area contributed by atoms with Gasteiger partial charge in [-0.25, -0.2) is 4.79 Å². The maximum Gasteiger partial charge on any atom is 0.330 e. The van der Waals surface area contributed by atoms with Crippen LogP contribution in [0.4, 0.5) is 0 Å². The number of aliphatic hydroxyl groups is 2. The molecule has 2 heterocycles. The molecule has 39 heavy (non-hydrogen) atoms. The molecule has 0 aliphatic carbocycles. The largest absolute Gasteiger partial charge is 0.455 e. The van der Waals surface area contributed by atoms with Gasteiger partial charge in [0.1, 0.15) is 17.2 Å². The van der Waals surface area contributed by atoms with Crippen LogP contribution < -0.4 is 11.2 Å². The molecule has 1 aliphatic heterocycles. The van der Waals surface area contributed by atoms with Crippen LogP contribution in [0, 0.1) is 0 Å². The van der Waals surface area contributed by atoms with Crippen molar-refractivity contribution in [2.75, 3.05) is 6.61 Å². The molecule has 0 radical (unpaired) electrons. The van der Waals surface area contributed by atoms with Crippen molar-refractivity contribution in [2.45, 2.75) is 95.7 Å². The summed E-state index contributed by atoms with van der Waals surface area (Å²) in [5.74, 6) is -0.578. The molecule has 9 nitrogen and oxygen atoms in total. The van der Waals surface area contributed by atoms with Crippen molar-refractivity contribution in [1.29, 1.82) is 0 Å². The van der Waals surface area contributed by atoms with E-state index in [4.69, 9.17) is 21.1 Å². The van der Waals surface area contributed by atoms with Gasteiger partial charge in [-0.1, -0.05) is 80.0 Å². The van der Waals surface area contributed by atoms with Gasteiger partial charge in [0, 0.05) is 12.6 Å². The van der Waals surface area contributed by atoms with E-state index in [1.54, 1.807) is 0 Å². The van der Waals surface area contributed by atoms with Crippen LogP contribution in [0.25, 0.3) is 0 Å². The monoisotopic (exact) mass is 564 g/mol. The standard InChI is InChI=1S/C29H41ClN2O7/c1-2-3-4-5-6-7-8-9-10-11-12-13-14-15-16-17-18-19-24(34)39-26-25(35)23(21-33)38-28(26)32-20-22(30)27(36)31-29(32)37/h6-7,9-10,12-13,15-16,20,23,25-26,28,33,35H,2-5,8,11,14,17-19,21H2,1H3,(H,31,36,37)/t23-,25-,26-,28-/m1/s1. The van der Waals surface area contributed by atoms with E-state index in [9.17, 15) is 24.6 Å². The van der Waals surface area contributed by atoms with Crippen LogP contribution in [-0.4, -0.2) is 50.7 Å². The molecule has 0 bridgehead atoms. The minimum atomic E-state index is -1.37. The summed E-state index contributed by atoms with van der Waals surface area (Å²) in [5, 5.41) is 19.7. The van der Waals surface area contributed by atoms with Crippen molar-refractivity contribution in [3.8, 4) is 0 Å². The topological polar surface area (TPSA) is 131 Å². The number of aliphatic hydroxyl groups excluding tert-OH is 2. The molecular weight excluding hydrogens is 524 g/mol. The predicted molar refractivity (Wildman–Crippen MR) is 152 cm³/mol. The molecule has 1 aromatic rings. The highest BCUT2D eigenvalue weighted by atomic mass is 35.5. The zero-order chi connectivity index (χ0) is 28.5. The quantitative estimate of drug-likeness (QED) is 0.144. The Labute approximate surface area is 234 Å². The average Bonchev–Trinajstić information content (AvgIpc) is 3.22. The van der Waals surface area contributed by atoms with E-state index in [1.165, 1.54) is 19.3 Å². The number of nitrogens with one attached hydrogen (secondary N) is 1. The fourth-order valence-electron chi connectivity index (χ4n) is 4.01. The second-order valence-electron chi connectivity index (χ2n) is 9.32. The van der Waals surface area contributed by atoms with Gasteiger partial charge >= 0.3 is 11.7 Å². The minimum Gasteiger partial charge on any atom is -0.455 e. The molecule has 1 aliphatic rings. The van der Waals surface area contributed by atoms with Crippen LogP contribution in [0.2, 0.25) is 5.02 Å². The summed E-state index contributed by atoms with van der Waals surface area (Å²) in [6, 6.07) is 0. The predicted octanol–water partition coefficient (Wildman–Crippen LogP) is 4.50. The van der Waals surface area contributed by atoms with Crippen LogP contribution >= 0.6 is 11.6 Å². The van der Waals surface area contributed by atoms with Crippen molar-refractivity contribution in [2.24, 2.45) is 0 Å². The van der Waals surface area contributed by atoms with Gasteiger partial charge < -0.3 is 19.7 Å². The lowest BCUT2D eigenvalue weighted by molar-refractivity contribution is -0.158. The van der Waals surface area contributed by atoms with Gasteiger partial charge in [-0.05, 0) is 44.9 Å². The normalized spacial score (nSPS) is 21.7. The first-order valence-electron chi connectivity index (χ1n) is 13.6. The summed E-state index contributed by atoms with van der Waals surface area (Å²) < 4.78 is 11.9. The fraction of sp³-hybridized carbons (Fsp3) is 0.552. The second kappa shape index (κ2) is 18.5. The fourth-order valence-corrected chi connectivity index (χ4v) is 4.16. The number of aromatic nitrogens is 2. The third-order valence-corrected chi connectivity index (χ3v) is 6.44. The van der Waals surface area contributed by atoms with E-state index in [1.807, 2.05) is 17.1 Å². The highest BCUT2D eigenvalue weighted by Crippen LogP contribution is 2.31. The highest BCUT2D eigenvalue weighted by Gasteiger charge is 2.47. The molecule has 0 unspecified atom stereocenters. The molecule has 0 saturated carbocycles. The van der Waals surface area contributed by atoms with E-state index >= 15 is 0 Å². The van der Waals surface area contributed by atoms with Gasteiger partial charge in [0.05, 0.1) is 6.61 Å². The van der Waals surface area contributed by atoms with E-state index in [0.717, 1.165) is 36.4 Å². The van der Waals surface area contributed by atoms with E-state index in [0.29, 0.717) is 12.8 Å². The number of unbranched alkanes of at least 4 members (excludes halogenated alkanes) is 4. The molecule has 0 aromatic carbocycles. The van der Waals surface area contributed by atoms with Crippen molar-refractivity contribution >= 4 is 17.6 Å². The maximum absolute atomic E-state index is 12.4. The summed E-state index contributed by atoms with van der Waals surface area (Å²) in [6.07, 6.45) is 22.1. The molecular formula is C29H41ClN2O7. The van der Waals surface area contributed by atoms with Gasteiger partial charge in [0.15, 0.2) is 12.3 Å². The van der Waals surface area contributed by atoms with Crippen molar-refractivity contribution < 1.29 is 24.5 Å². The molecule has 4 atom stereocenters. The Morgan fingerprint density at radius 2 is 1.62 bits per heavy atom. The molecule has 10 heteroatoms. The van der Waals surface area contributed by atoms with Crippen LogP contribution in [0.15, 0.2) is 64.4 Å². The van der Waals surface area contributed by atoms with Crippen LogP contribution in [0.1, 0.15) is 77.4 Å². The summed E-state index contributed by atoms with van der Waals surface area (Å²) in [4.78, 5) is 38.2. The number of ether oxygens (including phenoxy) is 2. The number of rotatable bonds is 17. The van der Waals surface area contributed by atoms with Crippen molar-refractivity contribution in [3.05, 3.63) is 80.7 Å². The van der Waals surface area contributed by atoms with Crippen molar-refractivity contribution in [1.82, 2.24) is 9.55 Å². The highest BCUT2D eigenvalue weighted by molar-refractivity contribution is 6.30. The van der Waals surface area contributed by atoms with Gasteiger partial charge in [-0.15, -0.1) is 0 Å². The minimum absolute atomic E-state index is 0.0963. The van der Waals surface area contributed by atoms with E-state index in [-0.39, 0.29) is 11.4 Å². The number of carbonyl (C=O) groups is 1. The van der Waals surface area contributed by atoms with Crippen LogP contribution in [0.3, 0.4) is 0 Å². The summed E-state index contributed by atoms with van der Waals surface area (Å²) in [7, 11) is 0. The third-order valence-electron chi connectivity index (χ3n) is 6.17. The summed E-state index contributed by atoms with van der Waals surface area (Å²) >= 11 is 5.82. The first-order valence-corrected chi connectivity index (χ1v) is 14.0. The lowest BCUT2D eigenvalue weighted by Gasteiger charge is -2.22. The molecule has 1 aromatic heterocycles. The SMILES string of the molecule is CCCCCC=CCC=CCC=CCC=CCCCC(=O)O[C@@H]1[C@H](O)[C@@H](CO)O[C@H]1n1cc(Cl)c(=O)[nH]c1=O. The van der Waals surface area contributed by atoms with Crippen LogP contribution in [0.5, 0.6) is 0 Å². The van der Waals surface area contributed by atoms with Gasteiger partial charge in [-0.2, -0.15) is 0 Å². The first kappa shape index (κ1) is 32.5. The average molecular weight is 565 g/mol. The second-order valence-corrected chi connectivity index (χ2v) is 9.72. The molecule has 1 saturated heterocycles. The molecule has 216 valence electrons. The summed E-state index contributed by atoms with van der Waals surface area (Å²) in [6.45, 7) is 1.66. The lowest BCUT2D eigenvalue weighted by Crippen LogP contribution is -2.40. The van der Waals surface area contributed by atoms with Gasteiger partial charge in [0.2, 0.25) is 0 Å². The molecule has 0 spiro atoms. The number of hydrogen-bond donors (Lipinski definition) is 3. The number of halogens is 1. The smallest absolute Gasteiger partial charge is 0.330 e. The Morgan fingerprint density at radius 3 is 2.21 bits per heavy atom. The Hall–Kier alpha value is -2.72. The number of H-pyrrole nitrogens is 1. The van der Waals surface area contributed by atoms with E-state index in [2.05, 4.69) is 43.4 Å². The molecule has 0 amide bonds. The van der Waals surface area contributed by atoms with Crippen molar-refractivity contribution in [3.63, 3.8) is 0 Å². The Balaban J connectivity index is 1.69. The lowest BCUT2D eigenvalue weighted by atomic mass is 10.1. The number of hydrogen-bond acceptors (Lipinski definition) is 7. The number of allylic oxidation sites excluding steroid dienone is 8. The number of carbonyl (C=O) groups excluding carboxylic acids is 1. The number of nitrogens with zero attached hydrogens (tertiary/aromatic N) is 1. The third kappa shape index (κ3) is 11.5. The molecule has 1 fully saturated rings. The van der Waals surface area contributed by atoms with Crippen LogP contribution in [-0.2, 0) is 14.3 Å². The number of aromatic amines is 1.